The van der Waals surface area contributed by atoms with Gasteiger partial charge in [0.15, 0.2) is 11.5 Å². The Morgan fingerprint density at radius 2 is 1.82 bits per heavy atom. The second-order valence-electron chi connectivity index (χ2n) is 5.15. The van der Waals surface area contributed by atoms with E-state index in [9.17, 15) is 4.79 Å². The number of anilines is 2. The van der Waals surface area contributed by atoms with Crippen LogP contribution in [-0.4, -0.2) is 35.4 Å². The van der Waals surface area contributed by atoms with Crippen LogP contribution in [0.2, 0.25) is 0 Å². The van der Waals surface area contributed by atoms with Gasteiger partial charge in [-0.15, -0.1) is 10.2 Å². The zero-order chi connectivity index (χ0) is 15.2. The maximum Gasteiger partial charge on any atom is 0.272 e. The molecular weight excluding hydrogens is 280 g/mol. The summed E-state index contributed by atoms with van der Waals surface area (Å²) in [4.78, 5) is 12.1. The van der Waals surface area contributed by atoms with Gasteiger partial charge in [0.25, 0.3) is 5.91 Å². The lowest BCUT2D eigenvalue weighted by molar-refractivity contribution is 0.0693. The van der Waals surface area contributed by atoms with E-state index in [1.807, 2.05) is 30.3 Å². The lowest BCUT2D eigenvalue weighted by Gasteiger charge is -2.22. The highest BCUT2D eigenvalue weighted by molar-refractivity contribution is 5.92. The van der Waals surface area contributed by atoms with Crippen molar-refractivity contribution in [1.82, 2.24) is 15.5 Å². The van der Waals surface area contributed by atoms with Crippen LogP contribution in [0, 0.1) is 0 Å². The van der Waals surface area contributed by atoms with Crippen molar-refractivity contribution in [2.75, 3.05) is 18.5 Å². The molecule has 2 heterocycles. The summed E-state index contributed by atoms with van der Waals surface area (Å²) >= 11 is 0. The largest absolute Gasteiger partial charge is 0.381 e. The van der Waals surface area contributed by atoms with Gasteiger partial charge in [0.1, 0.15) is 0 Å². The van der Waals surface area contributed by atoms with Crippen LogP contribution in [0.15, 0.2) is 42.5 Å². The second-order valence-corrected chi connectivity index (χ2v) is 5.15. The van der Waals surface area contributed by atoms with Gasteiger partial charge in [-0.2, -0.15) is 0 Å². The normalized spacial score (nSPS) is 15.3. The van der Waals surface area contributed by atoms with Crippen LogP contribution >= 0.6 is 0 Å². The Kier molecular flexibility index (Phi) is 4.60. The van der Waals surface area contributed by atoms with Crippen molar-refractivity contribution in [1.29, 1.82) is 0 Å². The van der Waals surface area contributed by atoms with Gasteiger partial charge in [-0.25, -0.2) is 0 Å². The van der Waals surface area contributed by atoms with Crippen molar-refractivity contribution in [3.63, 3.8) is 0 Å². The van der Waals surface area contributed by atoms with Crippen LogP contribution in [-0.2, 0) is 4.74 Å². The summed E-state index contributed by atoms with van der Waals surface area (Å²) in [6, 6.07) is 13.3. The molecule has 1 aromatic heterocycles. The van der Waals surface area contributed by atoms with Gasteiger partial charge in [-0.1, -0.05) is 18.2 Å². The van der Waals surface area contributed by atoms with Gasteiger partial charge in [0.2, 0.25) is 0 Å². The predicted octanol–water partition coefficient (Wildman–Crippen LogP) is 2.13. The monoisotopic (exact) mass is 298 g/mol. The van der Waals surface area contributed by atoms with Crippen molar-refractivity contribution in [3.05, 3.63) is 48.2 Å². The number of hydrogen-bond donors (Lipinski definition) is 2. The first-order chi connectivity index (χ1) is 10.8. The van der Waals surface area contributed by atoms with E-state index in [2.05, 4.69) is 20.8 Å². The number of ether oxygens (including phenoxy) is 1. The molecule has 1 aliphatic rings. The maximum atomic E-state index is 12.1. The zero-order valence-electron chi connectivity index (χ0n) is 12.2. The van der Waals surface area contributed by atoms with E-state index < -0.39 is 0 Å². The highest BCUT2D eigenvalue weighted by atomic mass is 16.5. The van der Waals surface area contributed by atoms with Crippen LogP contribution in [0.25, 0.3) is 0 Å². The van der Waals surface area contributed by atoms with E-state index in [4.69, 9.17) is 4.74 Å². The van der Waals surface area contributed by atoms with Gasteiger partial charge in [-0.3, -0.25) is 4.79 Å². The molecule has 0 spiro atoms. The molecule has 1 aliphatic heterocycles. The summed E-state index contributed by atoms with van der Waals surface area (Å²) in [6.07, 6.45) is 1.68. The van der Waals surface area contributed by atoms with Crippen LogP contribution in [0.3, 0.4) is 0 Å². The first kappa shape index (κ1) is 14.5. The predicted molar refractivity (Wildman–Crippen MR) is 83.1 cm³/mol. The minimum atomic E-state index is -0.189. The van der Waals surface area contributed by atoms with Crippen LogP contribution in [0.1, 0.15) is 23.3 Å². The summed E-state index contributed by atoms with van der Waals surface area (Å²) in [5.74, 6) is 0.416. The first-order valence-electron chi connectivity index (χ1n) is 7.36. The maximum absolute atomic E-state index is 12.1. The van der Waals surface area contributed by atoms with Gasteiger partial charge in [-0.05, 0) is 37.1 Å². The molecule has 22 heavy (non-hydrogen) atoms. The number of aromatic nitrogens is 2. The van der Waals surface area contributed by atoms with E-state index in [1.165, 1.54) is 0 Å². The number of nitrogens with one attached hydrogen (secondary N) is 2. The molecule has 0 atom stereocenters. The van der Waals surface area contributed by atoms with E-state index in [-0.39, 0.29) is 11.9 Å². The summed E-state index contributed by atoms with van der Waals surface area (Å²) < 4.78 is 5.27. The van der Waals surface area contributed by atoms with Crippen molar-refractivity contribution in [2.24, 2.45) is 0 Å². The fourth-order valence-corrected chi connectivity index (χ4v) is 2.29. The fourth-order valence-electron chi connectivity index (χ4n) is 2.29. The van der Waals surface area contributed by atoms with Gasteiger partial charge >= 0.3 is 0 Å². The van der Waals surface area contributed by atoms with E-state index in [1.54, 1.807) is 12.1 Å². The number of carbonyl (C=O) groups excluding carboxylic acids is 1. The van der Waals surface area contributed by atoms with Crippen LogP contribution in [0.5, 0.6) is 0 Å². The Morgan fingerprint density at radius 3 is 2.50 bits per heavy atom. The number of rotatable bonds is 4. The van der Waals surface area contributed by atoms with Gasteiger partial charge in [0.05, 0.1) is 0 Å². The fraction of sp³-hybridized carbons (Fsp3) is 0.312. The number of nitrogens with zero attached hydrogens (tertiary/aromatic N) is 2. The molecule has 2 aromatic rings. The quantitative estimate of drug-likeness (QED) is 0.904. The Labute approximate surface area is 128 Å². The molecule has 0 radical (unpaired) electrons. The molecule has 0 aliphatic carbocycles. The Bertz CT molecular complexity index is 610. The zero-order valence-corrected chi connectivity index (χ0v) is 12.2. The van der Waals surface area contributed by atoms with Gasteiger partial charge in [0, 0.05) is 24.9 Å². The number of para-hydroxylation sites is 1. The van der Waals surface area contributed by atoms with Crippen molar-refractivity contribution >= 4 is 17.4 Å². The van der Waals surface area contributed by atoms with E-state index in [0.29, 0.717) is 24.7 Å². The SMILES string of the molecule is O=C(NC1CCOCC1)c1ccc(Nc2ccccc2)nn1. The lowest BCUT2D eigenvalue weighted by atomic mass is 10.1. The number of benzene rings is 1. The molecule has 6 heteroatoms. The molecule has 114 valence electrons. The smallest absolute Gasteiger partial charge is 0.272 e. The highest BCUT2D eigenvalue weighted by Gasteiger charge is 2.17. The molecule has 0 saturated carbocycles. The molecule has 1 amide bonds. The molecular formula is C16H18N4O2. The number of amides is 1. The Hall–Kier alpha value is -2.47. The average Bonchev–Trinajstić information content (AvgIpc) is 2.57. The third kappa shape index (κ3) is 3.79. The van der Waals surface area contributed by atoms with E-state index in [0.717, 1.165) is 18.5 Å². The van der Waals surface area contributed by atoms with Gasteiger partial charge < -0.3 is 15.4 Å². The van der Waals surface area contributed by atoms with Crippen molar-refractivity contribution in [3.8, 4) is 0 Å². The molecule has 0 bridgehead atoms. The summed E-state index contributed by atoms with van der Waals surface area (Å²) in [5.41, 5.74) is 1.25. The lowest BCUT2D eigenvalue weighted by Crippen LogP contribution is -2.39. The minimum absolute atomic E-state index is 0.158. The minimum Gasteiger partial charge on any atom is -0.381 e. The van der Waals surface area contributed by atoms with E-state index >= 15 is 0 Å². The summed E-state index contributed by atoms with van der Waals surface area (Å²) in [5, 5.41) is 14.1. The van der Waals surface area contributed by atoms with Crippen LogP contribution < -0.4 is 10.6 Å². The highest BCUT2D eigenvalue weighted by Crippen LogP contribution is 2.13. The molecule has 3 rings (SSSR count). The molecule has 1 aromatic carbocycles. The molecule has 1 saturated heterocycles. The topological polar surface area (TPSA) is 76.1 Å². The third-order valence-electron chi connectivity index (χ3n) is 3.50. The molecule has 0 unspecified atom stereocenters. The molecule has 2 N–H and O–H groups in total. The molecule has 6 nitrogen and oxygen atoms in total. The van der Waals surface area contributed by atoms with Crippen molar-refractivity contribution < 1.29 is 9.53 Å². The summed E-state index contributed by atoms with van der Waals surface area (Å²) in [7, 11) is 0. The summed E-state index contributed by atoms with van der Waals surface area (Å²) in [6.45, 7) is 1.38. The average molecular weight is 298 g/mol. The number of hydrogen-bond acceptors (Lipinski definition) is 5. The number of carbonyl (C=O) groups is 1. The molecule has 1 fully saturated rings. The Morgan fingerprint density at radius 1 is 1.05 bits per heavy atom. The Balaban J connectivity index is 1.59. The standard InChI is InChI=1S/C16H18N4O2/c21-16(18-13-8-10-22-11-9-13)14-6-7-15(20-19-14)17-12-4-2-1-3-5-12/h1-7,13H,8-11H2,(H,17,20)(H,18,21). The first-order valence-corrected chi connectivity index (χ1v) is 7.36. The van der Waals surface area contributed by atoms with Crippen molar-refractivity contribution in [2.45, 2.75) is 18.9 Å². The third-order valence-corrected chi connectivity index (χ3v) is 3.50. The van der Waals surface area contributed by atoms with Crippen LogP contribution in [0.4, 0.5) is 11.5 Å². The second kappa shape index (κ2) is 7.00.